The molecule has 29 heavy (non-hydrogen) atoms. The van der Waals surface area contributed by atoms with Crippen LogP contribution in [0, 0.1) is 28.6 Å². The number of rotatable bonds is 2. The fourth-order valence-corrected chi connectivity index (χ4v) is 7.30. The molecule has 0 aliphatic heterocycles. The van der Waals surface area contributed by atoms with E-state index >= 15 is 4.39 Å². The first-order chi connectivity index (χ1) is 13.4. The second-order valence-corrected chi connectivity index (χ2v) is 9.89. The summed E-state index contributed by atoms with van der Waals surface area (Å²) in [5, 5.41) is 42.8. The number of hydrogen-bond donors (Lipinski definition) is 4. The van der Waals surface area contributed by atoms with Gasteiger partial charge >= 0.3 is 0 Å². The van der Waals surface area contributed by atoms with E-state index in [1.807, 2.05) is 0 Å². The third-order valence-corrected chi connectivity index (χ3v) is 8.82. The molecule has 4 rings (SSSR count). The van der Waals surface area contributed by atoms with Crippen molar-refractivity contribution in [3.05, 3.63) is 23.8 Å². The molecule has 4 aliphatic rings. The molecule has 9 atom stereocenters. The van der Waals surface area contributed by atoms with E-state index in [0.717, 1.165) is 0 Å². The smallest absolute Gasteiger partial charge is 0.190 e. The Morgan fingerprint density at radius 2 is 1.90 bits per heavy atom. The van der Waals surface area contributed by atoms with Gasteiger partial charge in [0, 0.05) is 16.7 Å². The van der Waals surface area contributed by atoms with E-state index in [2.05, 4.69) is 0 Å². The van der Waals surface area contributed by atoms with Crippen LogP contribution in [0.15, 0.2) is 23.8 Å². The van der Waals surface area contributed by atoms with Gasteiger partial charge in [-0.25, -0.2) is 4.39 Å². The summed E-state index contributed by atoms with van der Waals surface area (Å²) in [6.07, 6.45) is 1.56. The summed E-state index contributed by atoms with van der Waals surface area (Å²) in [6, 6.07) is 0. The molecule has 0 radical (unpaired) electrons. The van der Waals surface area contributed by atoms with Crippen molar-refractivity contribution >= 4 is 11.6 Å². The molecule has 3 saturated carbocycles. The van der Waals surface area contributed by atoms with Gasteiger partial charge in [0.1, 0.15) is 12.2 Å². The maximum absolute atomic E-state index is 16.9. The first kappa shape index (κ1) is 20.8. The SMILES string of the molecule is CC1C[C@H]2[C@@H]3CC(O)C4=CC(=O)C=C[C@]4(C)[C@@]3(F)C(O)C[C@]2(C)[C@@]1(O)C(=O)CO. The lowest BCUT2D eigenvalue weighted by molar-refractivity contribution is -0.226. The van der Waals surface area contributed by atoms with E-state index in [1.165, 1.54) is 18.2 Å². The summed E-state index contributed by atoms with van der Waals surface area (Å²) in [6.45, 7) is 4.14. The highest BCUT2D eigenvalue weighted by atomic mass is 19.1. The van der Waals surface area contributed by atoms with Gasteiger partial charge in [-0.1, -0.05) is 19.9 Å². The van der Waals surface area contributed by atoms with Crippen molar-refractivity contribution in [2.45, 2.75) is 63.5 Å². The Labute approximate surface area is 169 Å². The number of hydrogen-bond acceptors (Lipinski definition) is 6. The van der Waals surface area contributed by atoms with Gasteiger partial charge in [0.25, 0.3) is 0 Å². The number of fused-ring (bicyclic) bond motifs is 5. The number of alkyl halides is 1. The number of allylic oxidation sites excluding steroid dienone is 3. The third kappa shape index (κ3) is 2.19. The quantitative estimate of drug-likeness (QED) is 0.539. The molecule has 0 amide bonds. The Balaban J connectivity index is 1.87. The van der Waals surface area contributed by atoms with Crippen LogP contribution in [0.3, 0.4) is 0 Å². The van der Waals surface area contributed by atoms with E-state index in [9.17, 15) is 30.0 Å². The molecule has 160 valence electrons. The Bertz CT molecular complexity index is 837. The van der Waals surface area contributed by atoms with Crippen LogP contribution < -0.4 is 0 Å². The lowest BCUT2D eigenvalue weighted by atomic mass is 9.44. The predicted octanol–water partition coefficient (Wildman–Crippen LogP) is 0.866. The van der Waals surface area contributed by atoms with Crippen molar-refractivity contribution in [2.75, 3.05) is 6.61 Å². The van der Waals surface area contributed by atoms with Crippen LogP contribution in [0.5, 0.6) is 0 Å². The fourth-order valence-electron chi connectivity index (χ4n) is 7.30. The summed E-state index contributed by atoms with van der Waals surface area (Å²) in [7, 11) is 0. The minimum absolute atomic E-state index is 0.00746. The molecule has 4 aliphatic carbocycles. The minimum Gasteiger partial charge on any atom is -0.390 e. The van der Waals surface area contributed by atoms with Crippen LogP contribution in [-0.2, 0) is 9.59 Å². The van der Waals surface area contributed by atoms with Crippen molar-refractivity contribution in [1.82, 2.24) is 0 Å². The van der Waals surface area contributed by atoms with Crippen LogP contribution in [0.2, 0.25) is 0 Å². The Hall–Kier alpha value is -1.41. The summed E-state index contributed by atoms with van der Waals surface area (Å²) in [5.74, 6) is -2.89. The topological polar surface area (TPSA) is 115 Å². The molecule has 7 heteroatoms. The second-order valence-electron chi connectivity index (χ2n) is 9.89. The Kier molecular flexibility index (Phi) is 4.36. The number of halogens is 1. The van der Waals surface area contributed by atoms with E-state index in [-0.39, 0.29) is 24.2 Å². The monoisotopic (exact) mass is 408 g/mol. The zero-order valence-corrected chi connectivity index (χ0v) is 16.9. The van der Waals surface area contributed by atoms with E-state index in [1.54, 1.807) is 20.8 Å². The average Bonchev–Trinajstić information content (AvgIpc) is 2.86. The summed E-state index contributed by atoms with van der Waals surface area (Å²) < 4.78 is 16.9. The van der Waals surface area contributed by atoms with Crippen molar-refractivity contribution < 1.29 is 34.4 Å². The maximum atomic E-state index is 16.9. The van der Waals surface area contributed by atoms with Crippen molar-refractivity contribution in [2.24, 2.45) is 28.6 Å². The summed E-state index contributed by atoms with van der Waals surface area (Å²) in [4.78, 5) is 24.4. The number of ketones is 2. The number of carbonyl (C=O) groups is 2. The number of Topliss-reactive ketones (excluding diaryl/α,β-unsaturated/α-hetero) is 1. The van der Waals surface area contributed by atoms with Crippen LogP contribution in [-0.4, -0.2) is 62.1 Å². The normalized spacial score (nSPS) is 53.7. The summed E-state index contributed by atoms with van der Waals surface area (Å²) >= 11 is 0. The molecule has 3 fully saturated rings. The highest BCUT2D eigenvalue weighted by molar-refractivity contribution is 6.01. The highest BCUT2D eigenvalue weighted by Gasteiger charge is 2.76. The van der Waals surface area contributed by atoms with Gasteiger partial charge in [0.15, 0.2) is 17.2 Å². The Morgan fingerprint density at radius 1 is 1.24 bits per heavy atom. The second kappa shape index (κ2) is 6.06. The molecule has 3 unspecified atom stereocenters. The standard InChI is InChI=1S/C22H29FO6/c1-11-6-13-14-8-16(26)15-7-12(25)4-5-19(15,2)21(14,23)17(27)9-20(13,3)22(11,29)18(28)10-24/h4-5,7,11,13-14,16-17,24,26-27,29H,6,8-10H2,1-3H3/t11?,13-,14-,16?,17?,19-,20-,21-,22-/m0/s1. The molecule has 0 saturated heterocycles. The lowest BCUT2D eigenvalue weighted by Crippen LogP contribution is -2.70. The molecule has 0 aromatic carbocycles. The van der Waals surface area contributed by atoms with Crippen molar-refractivity contribution in [1.29, 1.82) is 0 Å². The van der Waals surface area contributed by atoms with Crippen molar-refractivity contribution in [3.63, 3.8) is 0 Å². The van der Waals surface area contributed by atoms with Crippen LogP contribution in [0.1, 0.15) is 40.0 Å². The largest absolute Gasteiger partial charge is 0.390 e. The van der Waals surface area contributed by atoms with Crippen LogP contribution >= 0.6 is 0 Å². The van der Waals surface area contributed by atoms with Gasteiger partial charge in [-0.05, 0) is 55.7 Å². The van der Waals surface area contributed by atoms with Gasteiger partial charge in [0.05, 0.1) is 12.2 Å². The van der Waals surface area contributed by atoms with Gasteiger partial charge in [-0.2, -0.15) is 0 Å². The highest BCUT2D eigenvalue weighted by Crippen LogP contribution is 2.70. The molecular formula is C22H29FO6. The number of aliphatic hydroxyl groups excluding tert-OH is 3. The van der Waals surface area contributed by atoms with E-state index < -0.39 is 64.5 Å². The zero-order valence-electron chi connectivity index (χ0n) is 16.9. The minimum atomic E-state index is -2.16. The average molecular weight is 408 g/mol. The molecule has 0 heterocycles. The number of aliphatic hydroxyl groups is 4. The van der Waals surface area contributed by atoms with Gasteiger partial charge in [0.2, 0.25) is 0 Å². The molecule has 0 aromatic heterocycles. The van der Waals surface area contributed by atoms with Gasteiger partial charge < -0.3 is 20.4 Å². The van der Waals surface area contributed by atoms with E-state index in [4.69, 9.17) is 0 Å². The molecule has 0 aromatic rings. The summed E-state index contributed by atoms with van der Waals surface area (Å²) in [5.41, 5.74) is -6.28. The third-order valence-electron chi connectivity index (χ3n) is 8.82. The fraction of sp³-hybridized carbons (Fsp3) is 0.727. The predicted molar refractivity (Wildman–Crippen MR) is 101 cm³/mol. The molecular weight excluding hydrogens is 379 g/mol. The first-order valence-corrected chi connectivity index (χ1v) is 10.2. The number of carbonyl (C=O) groups excluding carboxylic acids is 2. The lowest BCUT2D eigenvalue weighted by Gasteiger charge is -2.63. The van der Waals surface area contributed by atoms with Gasteiger partial charge in [-0.3, -0.25) is 9.59 Å². The Morgan fingerprint density at radius 3 is 2.52 bits per heavy atom. The first-order valence-electron chi connectivity index (χ1n) is 10.2. The molecule has 0 bridgehead atoms. The molecule has 0 spiro atoms. The molecule has 6 nitrogen and oxygen atoms in total. The van der Waals surface area contributed by atoms with Crippen LogP contribution in [0.4, 0.5) is 4.39 Å². The zero-order chi connectivity index (χ0) is 21.6. The molecule has 4 N–H and O–H groups in total. The van der Waals surface area contributed by atoms with Gasteiger partial charge in [-0.15, -0.1) is 0 Å². The van der Waals surface area contributed by atoms with E-state index in [0.29, 0.717) is 6.42 Å². The van der Waals surface area contributed by atoms with Crippen molar-refractivity contribution in [3.8, 4) is 0 Å². The maximum Gasteiger partial charge on any atom is 0.190 e. The van der Waals surface area contributed by atoms with Crippen LogP contribution in [0.25, 0.3) is 0 Å².